The molecular formula is C37H46N2O6. The van der Waals surface area contributed by atoms with Gasteiger partial charge in [0.05, 0.1) is 12.6 Å². The van der Waals surface area contributed by atoms with Crippen LogP contribution < -0.4 is 15.4 Å². The second-order valence-electron chi connectivity index (χ2n) is 12.5. The molecule has 2 fully saturated rings. The van der Waals surface area contributed by atoms with Crippen molar-refractivity contribution in [3.05, 3.63) is 109 Å². The highest BCUT2D eigenvalue weighted by Gasteiger charge is 2.40. The van der Waals surface area contributed by atoms with Crippen molar-refractivity contribution >= 4 is 12.0 Å². The van der Waals surface area contributed by atoms with E-state index < -0.39 is 36.3 Å². The maximum atomic E-state index is 13.9. The summed E-state index contributed by atoms with van der Waals surface area (Å²) >= 11 is 0. The van der Waals surface area contributed by atoms with E-state index in [2.05, 4.69) is 10.6 Å². The van der Waals surface area contributed by atoms with Gasteiger partial charge in [-0.15, -0.1) is 0 Å². The zero-order chi connectivity index (χ0) is 30.9. The normalized spacial score (nSPS) is 21.6. The second-order valence-corrected chi connectivity index (χ2v) is 12.5. The summed E-state index contributed by atoms with van der Waals surface area (Å²) in [5.74, 6) is 1.23. The molecule has 2 bridgehead atoms. The SMILES string of the molecule is CC(Cc1ccc(OCc2ccccc2)cc1)(NC(=O)OC1CCC2CCCC1C2)C(=O)NC(CO)C(O)c1ccccc1.[CH2]. The maximum absolute atomic E-state index is 13.9. The third-order valence-corrected chi connectivity index (χ3v) is 9.11. The molecule has 3 aromatic rings. The number of rotatable bonds is 12. The van der Waals surface area contributed by atoms with Crippen LogP contribution in [0.1, 0.15) is 68.2 Å². The predicted molar refractivity (Wildman–Crippen MR) is 173 cm³/mol. The van der Waals surface area contributed by atoms with Gasteiger partial charge in [-0.2, -0.15) is 0 Å². The molecule has 45 heavy (non-hydrogen) atoms. The highest BCUT2D eigenvalue weighted by atomic mass is 16.6. The second kappa shape index (κ2) is 15.9. The molecule has 6 unspecified atom stereocenters. The third-order valence-electron chi connectivity index (χ3n) is 9.11. The van der Waals surface area contributed by atoms with E-state index in [1.807, 2.05) is 60.7 Å². The molecule has 2 amide bonds. The molecule has 8 nitrogen and oxygen atoms in total. The van der Waals surface area contributed by atoms with Crippen molar-refractivity contribution in [2.24, 2.45) is 11.8 Å². The van der Waals surface area contributed by atoms with Crippen molar-refractivity contribution in [3.63, 3.8) is 0 Å². The summed E-state index contributed by atoms with van der Waals surface area (Å²) in [6.07, 6.45) is 4.68. The molecular weight excluding hydrogens is 568 g/mol. The fourth-order valence-corrected chi connectivity index (χ4v) is 6.58. The number of hydrogen-bond acceptors (Lipinski definition) is 6. The molecule has 0 spiro atoms. The van der Waals surface area contributed by atoms with Crippen molar-refractivity contribution in [1.29, 1.82) is 0 Å². The monoisotopic (exact) mass is 614 g/mol. The molecule has 0 heterocycles. The van der Waals surface area contributed by atoms with Crippen molar-refractivity contribution in [2.75, 3.05) is 6.61 Å². The zero-order valence-corrected chi connectivity index (χ0v) is 26.1. The Morgan fingerprint density at radius 3 is 2.29 bits per heavy atom. The van der Waals surface area contributed by atoms with Gasteiger partial charge in [0.2, 0.25) is 5.91 Å². The zero-order valence-electron chi connectivity index (χ0n) is 26.1. The number of fused-ring (bicyclic) bond motifs is 2. The van der Waals surface area contributed by atoms with Gasteiger partial charge >= 0.3 is 6.09 Å². The average Bonchev–Trinajstić information content (AvgIpc) is 3.05. The smallest absolute Gasteiger partial charge is 0.408 e. The van der Waals surface area contributed by atoms with E-state index in [-0.39, 0.29) is 20.0 Å². The van der Waals surface area contributed by atoms with Crippen LogP contribution in [0.3, 0.4) is 0 Å². The maximum Gasteiger partial charge on any atom is 0.408 e. The lowest BCUT2D eigenvalue weighted by Gasteiger charge is -2.40. The van der Waals surface area contributed by atoms with E-state index in [4.69, 9.17) is 9.47 Å². The van der Waals surface area contributed by atoms with Gasteiger partial charge in [0.1, 0.15) is 30.1 Å². The number of benzene rings is 3. The fraction of sp³-hybridized carbons (Fsp3) is 0.432. The molecule has 0 aliphatic heterocycles. The molecule has 3 aromatic carbocycles. The van der Waals surface area contributed by atoms with Crippen molar-refractivity contribution in [1.82, 2.24) is 10.6 Å². The highest BCUT2D eigenvalue weighted by Crippen LogP contribution is 2.41. The minimum absolute atomic E-state index is 0. The minimum atomic E-state index is -1.43. The summed E-state index contributed by atoms with van der Waals surface area (Å²) in [7, 11) is 0. The molecule has 6 atom stereocenters. The number of nitrogens with one attached hydrogen (secondary N) is 2. The van der Waals surface area contributed by atoms with Crippen LogP contribution in [0.2, 0.25) is 0 Å². The Hall–Kier alpha value is -3.88. The molecule has 2 aliphatic rings. The first-order valence-corrected chi connectivity index (χ1v) is 15.7. The van der Waals surface area contributed by atoms with E-state index in [0.29, 0.717) is 23.8 Å². The molecule has 0 aromatic heterocycles. The molecule has 2 radical (unpaired) electrons. The molecule has 4 N–H and O–H groups in total. The van der Waals surface area contributed by atoms with Crippen LogP contribution in [-0.4, -0.2) is 46.5 Å². The molecule has 5 rings (SSSR count). The lowest BCUT2D eigenvalue weighted by atomic mass is 9.71. The molecule has 8 heteroatoms. The van der Waals surface area contributed by atoms with Crippen molar-refractivity contribution < 1.29 is 29.3 Å². The van der Waals surface area contributed by atoms with Crippen LogP contribution in [0.4, 0.5) is 4.79 Å². The first-order valence-electron chi connectivity index (χ1n) is 15.7. The molecule has 0 saturated heterocycles. The van der Waals surface area contributed by atoms with Gasteiger partial charge in [-0.05, 0) is 73.3 Å². The number of amides is 2. The van der Waals surface area contributed by atoms with Gasteiger partial charge in [0.15, 0.2) is 0 Å². The van der Waals surface area contributed by atoms with E-state index in [1.165, 1.54) is 6.42 Å². The predicted octanol–water partition coefficient (Wildman–Crippen LogP) is 5.80. The molecule has 2 saturated carbocycles. The largest absolute Gasteiger partial charge is 0.489 e. The number of aliphatic hydroxyl groups excluding tert-OH is 2. The Morgan fingerprint density at radius 2 is 1.60 bits per heavy atom. The first kappa shape index (κ1) is 34.0. The van der Waals surface area contributed by atoms with Crippen LogP contribution in [0.15, 0.2) is 84.9 Å². The molecule has 240 valence electrons. The van der Waals surface area contributed by atoms with E-state index in [9.17, 15) is 19.8 Å². The highest BCUT2D eigenvalue weighted by molar-refractivity contribution is 5.90. The summed E-state index contributed by atoms with van der Waals surface area (Å²) < 4.78 is 11.9. The van der Waals surface area contributed by atoms with Gasteiger partial charge in [-0.25, -0.2) is 4.79 Å². The van der Waals surface area contributed by atoms with E-state index >= 15 is 0 Å². The van der Waals surface area contributed by atoms with Crippen LogP contribution in [0.25, 0.3) is 0 Å². The Kier molecular flexibility index (Phi) is 12.0. The van der Waals surface area contributed by atoms with Gasteiger partial charge in [-0.3, -0.25) is 4.79 Å². The van der Waals surface area contributed by atoms with Crippen LogP contribution in [0, 0.1) is 19.3 Å². The standard InChI is InChI=1S/C36H44N2O6.CH2/c1-36(34(41)37-31(23-39)33(40)28-12-6-3-7-13-28,38-35(42)44-32-20-17-25-11-8-14-29(32)21-25)22-26-15-18-30(19-16-26)43-24-27-9-4-2-5-10-27;/h2-7,9-10,12-13,15-16,18-19,25,29,31-33,39-40H,8,11,14,17,20-24H2,1H3,(H,37,41)(H,38,42);1H2. The molecule has 2 aliphatic carbocycles. The number of alkyl carbamates (subject to hydrolysis) is 1. The van der Waals surface area contributed by atoms with Crippen LogP contribution in [-0.2, 0) is 22.6 Å². The summed E-state index contributed by atoms with van der Waals surface area (Å²) in [5, 5.41) is 26.7. The lowest BCUT2D eigenvalue weighted by molar-refractivity contribution is -0.129. The third kappa shape index (κ3) is 9.08. The minimum Gasteiger partial charge on any atom is -0.489 e. The Labute approximate surface area is 267 Å². The number of hydrogen-bond donors (Lipinski definition) is 4. The summed E-state index contributed by atoms with van der Waals surface area (Å²) in [4.78, 5) is 27.2. The number of aliphatic hydroxyl groups is 2. The van der Waals surface area contributed by atoms with Gasteiger partial charge in [0, 0.05) is 6.42 Å². The quantitative estimate of drug-likeness (QED) is 0.205. The summed E-state index contributed by atoms with van der Waals surface area (Å²) in [6, 6.07) is 25.2. The number of carbonyl (C=O) groups is 2. The summed E-state index contributed by atoms with van der Waals surface area (Å²) in [6.45, 7) is 1.59. The van der Waals surface area contributed by atoms with Gasteiger partial charge in [-0.1, -0.05) is 93.1 Å². The fourth-order valence-electron chi connectivity index (χ4n) is 6.58. The van der Waals surface area contributed by atoms with Crippen molar-refractivity contribution in [2.45, 2.75) is 82.3 Å². The Morgan fingerprint density at radius 1 is 0.911 bits per heavy atom. The van der Waals surface area contributed by atoms with E-state index in [1.54, 1.807) is 31.2 Å². The number of carbonyl (C=O) groups excluding carboxylic acids is 2. The number of ether oxygens (including phenoxy) is 2. The van der Waals surface area contributed by atoms with E-state index in [0.717, 1.165) is 49.1 Å². The summed E-state index contributed by atoms with van der Waals surface area (Å²) in [5.41, 5.74) is 0.986. The van der Waals surface area contributed by atoms with Crippen LogP contribution in [0.5, 0.6) is 5.75 Å². The van der Waals surface area contributed by atoms with Gasteiger partial charge in [0.25, 0.3) is 0 Å². The Bertz CT molecular complexity index is 1350. The van der Waals surface area contributed by atoms with Gasteiger partial charge < -0.3 is 30.3 Å². The average molecular weight is 615 g/mol. The van der Waals surface area contributed by atoms with Crippen molar-refractivity contribution in [3.8, 4) is 5.75 Å². The first-order chi connectivity index (χ1) is 21.3. The van der Waals surface area contributed by atoms with Crippen LogP contribution >= 0.6 is 0 Å². The topological polar surface area (TPSA) is 117 Å². The lowest BCUT2D eigenvalue weighted by Crippen LogP contribution is -2.61. The Balaban J connectivity index is 0.00000461.